The molecule has 3 heterocycles. The summed E-state index contributed by atoms with van der Waals surface area (Å²) < 4.78 is 26.1. The number of halogens is 2. The summed E-state index contributed by atoms with van der Waals surface area (Å²) in [5, 5.41) is 8.04. The van der Waals surface area contributed by atoms with E-state index in [0.29, 0.717) is 12.2 Å². The van der Waals surface area contributed by atoms with Crippen LogP contribution in [0.5, 0.6) is 0 Å². The van der Waals surface area contributed by atoms with Crippen LogP contribution in [0.15, 0.2) is 35.5 Å². The minimum atomic E-state index is -2.47. The molecule has 0 aromatic carbocycles. The molecule has 0 aliphatic heterocycles. The van der Waals surface area contributed by atoms with Crippen LogP contribution in [0.2, 0.25) is 0 Å². The molecule has 3 aromatic heterocycles. The third kappa shape index (κ3) is 5.17. The average Bonchev–Trinajstić information content (AvgIpc) is 3.09. The molecule has 0 unspecified atom stereocenters. The van der Waals surface area contributed by atoms with Crippen molar-refractivity contribution in [2.24, 2.45) is 10.9 Å². The van der Waals surface area contributed by atoms with Gasteiger partial charge in [-0.3, -0.25) is 4.99 Å². The molecule has 3 N–H and O–H groups in total. The molecule has 8 heteroatoms. The first-order valence-electron chi connectivity index (χ1n) is 9.80. The van der Waals surface area contributed by atoms with Gasteiger partial charge in [-0.25, -0.2) is 18.7 Å². The predicted molar refractivity (Wildman–Crippen MR) is 120 cm³/mol. The second kappa shape index (κ2) is 9.14. The Hall–Kier alpha value is -2.45. The van der Waals surface area contributed by atoms with Gasteiger partial charge in [-0.2, -0.15) is 0 Å². The van der Waals surface area contributed by atoms with Gasteiger partial charge in [-0.1, -0.05) is 0 Å². The minimum absolute atomic E-state index is 0.00224. The maximum atomic E-state index is 13.1. The topological polar surface area (TPSA) is 84.4 Å². The van der Waals surface area contributed by atoms with Crippen LogP contribution < -0.4 is 5.73 Å². The highest BCUT2D eigenvalue weighted by Gasteiger charge is 2.45. The third-order valence-corrected chi connectivity index (χ3v) is 5.92. The van der Waals surface area contributed by atoms with Crippen LogP contribution in [0.25, 0.3) is 21.5 Å². The van der Waals surface area contributed by atoms with Gasteiger partial charge in [0.25, 0.3) is 0 Å². The lowest BCUT2D eigenvalue weighted by Gasteiger charge is -2.34. The molecule has 3 aromatic rings. The number of hydrogen-bond donors (Lipinski definition) is 2. The fourth-order valence-electron chi connectivity index (χ4n) is 3.41. The van der Waals surface area contributed by atoms with Crippen molar-refractivity contribution >= 4 is 33.6 Å². The van der Waals surface area contributed by atoms with E-state index in [-0.39, 0.29) is 24.8 Å². The molecular weight excluding hydrogens is 406 g/mol. The summed E-state index contributed by atoms with van der Waals surface area (Å²) in [7, 11) is 1.00. The van der Waals surface area contributed by atoms with Crippen molar-refractivity contribution in [2.75, 3.05) is 12.8 Å². The lowest BCUT2D eigenvalue weighted by atomic mass is 9.79. The zero-order valence-corrected chi connectivity index (χ0v) is 18.1. The van der Waals surface area contributed by atoms with Crippen molar-refractivity contribution in [2.45, 2.75) is 45.1 Å². The van der Waals surface area contributed by atoms with Crippen LogP contribution in [0.1, 0.15) is 37.1 Å². The Labute approximate surface area is 178 Å². The van der Waals surface area contributed by atoms with E-state index in [4.69, 9.17) is 15.8 Å². The Kier molecular flexibility index (Phi) is 6.77. The van der Waals surface area contributed by atoms with Gasteiger partial charge in [-0.05, 0) is 50.5 Å². The van der Waals surface area contributed by atoms with E-state index in [1.165, 1.54) is 0 Å². The van der Waals surface area contributed by atoms with E-state index < -0.39 is 5.92 Å². The molecule has 0 amide bonds. The molecule has 30 heavy (non-hydrogen) atoms. The fraction of sp³-hybridized carbons (Fsp3) is 0.409. The van der Waals surface area contributed by atoms with Gasteiger partial charge in [-0.15, -0.1) is 11.3 Å². The lowest BCUT2D eigenvalue weighted by molar-refractivity contribution is -0.109. The number of aromatic nitrogens is 2. The normalized spacial score (nSPS) is 16.0. The maximum Gasteiger partial charge on any atom is 0.248 e. The number of hydrogen-bond acceptors (Lipinski definition) is 6. The highest BCUT2D eigenvalue weighted by Crippen LogP contribution is 2.44. The summed E-state index contributed by atoms with van der Waals surface area (Å²) in [5.41, 5.74) is 8.41. The zero-order valence-electron chi connectivity index (χ0n) is 17.3. The number of anilines is 1. The van der Waals surface area contributed by atoms with Crippen molar-refractivity contribution in [3.8, 4) is 11.3 Å². The molecule has 5 nitrogen and oxygen atoms in total. The number of nitrogens with two attached hydrogens (primary N) is 1. The van der Waals surface area contributed by atoms with Gasteiger partial charge < -0.3 is 10.8 Å². The van der Waals surface area contributed by atoms with Gasteiger partial charge >= 0.3 is 0 Å². The summed E-state index contributed by atoms with van der Waals surface area (Å²) in [5.74, 6) is -1.96. The van der Waals surface area contributed by atoms with Crippen molar-refractivity contribution in [1.82, 2.24) is 9.97 Å². The Bertz CT molecular complexity index is 1040. The molecule has 1 aliphatic rings. The SMILES string of the molecule is CC(C)N=Cc1cc(-c2ccc3cc(CC4CC(F)(F)C4)sc3n2)cnc1N.CO. The molecule has 4 rings (SSSR count). The summed E-state index contributed by atoms with van der Waals surface area (Å²) in [6.45, 7) is 4.00. The maximum absolute atomic E-state index is 13.1. The molecule has 1 saturated carbocycles. The van der Waals surface area contributed by atoms with E-state index in [1.807, 2.05) is 32.0 Å². The first-order valence-corrected chi connectivity index (χ1v) is 10.6. The fourth-order valence-corrected chi connectivity index (χ4v) is 4.55. The summed E-state index contributed by atoms with van der Waals surface area (Å²) in [4.78, 5) is 15.4. The number of aliphatic hydroxyl groups excluding tert-OH is 1. The van der Waals surface area contributed by atoms with Gasteiger partial charge in [0.2, 0.25) is 5.92 Å². The van der Waals surface area contributed by atoms with Crippen molar-refractivity contribution in [3.63, 3.8) is 0 Å². The molecular formula is C22H26F2N4OS. The standard InChI is InChI=1S/C21H22F2N4S.CH4O/c1-12(2)25-11-16-6-15(10-26-19(16)24)18-4-3-14-7-17(28-20(14)27-18)5-13-8-21(22,23)9-13;1-2/h3-4,6-7,10-13H,5,8-9H2,1-2H3,(H2,24,26);2H,1H3. The lowest BCUT2D eigenvalue weighted by Crippen LogP contribution is -2.36. The quantitative estimate of drug-likeness (QED) is 0.558. The second-order valence-corrected chi connectivity index (χ2v) is 8.82. The summed E-state index contributed by atoms with van der Waals surface area (Å²) >= 11 is 1.58. The third-order valence-electron chi connectivity index (χ3n) is 4.86. The highest BCUT2D eigenvalue weighted by molar-refractivity contribution is 7.18. The number of nitrogens with zero attached hydrogens (tertiary/aromatic N) is 3. The first-order chi connectivity index (χ1) is 14.3. The van der Waals surface area contributed by atoms with E-state index in [0.717, 1.165) is 39.0 Å². The van der Waals surface area contributed by atoms with E-state index >= 15 is 0 Å². The number of aliphatic hydroxyl groups is 1. The number of thiophene rings is 1. The van der Waals surface area contributed by atoms with E-state index in [1.54, 1.807) is 23.7 Å². The first kappa shape index (κ1) is 22.2. The molecule has 0 bridgehead atoms. The number of alkyl halides is 2. The number of aliphatic imine (C=N–C) groups is 1. The van der Waals surface area contributed by atoms with Crippen LogP contribution in [0.3, 0.4) is 0 Å². The zero-order chi connectivity index (χ0) is 21.9. The number of fused-ring (bicyclic) bond motifs is 1. The van der Waals surface area contributed by atoms with Gasteiger partial charge in [0.1, 0.15) is 10.6 Å². The summed E-state index contributed by atoms with van der Waals surface area (Å²) in [6.07, 6.45) is 4.15. The largest absolute Gasteiger partial charge is 0.400 e. The van der Waals surface area contributed by atoms with Crippen LogP contribution in [-0.2, 0) is 6.42 Å². The van der Waals surface area contributed by atoms with Crippen molar-refractivity contribution < 1.29 is 13.9 Å². The Morgan fingerprint density at radius 1 is 1.30 bits per heavy atom. The van der Waals surface area contributed by atoms with Gasteiger partial charge in [0.05, 0.1) is 5.69 Å². The molecule has 0 atom stereocenters. The highest BCUT2D eigenvalue weighted by atomic mass is 32.1. The monoisotopic (exact) mass is 432 g/mol. The van der Waals surface area contributed by atoms with Crippen LogP contribution in [0, 0.1) is 5.92 Å². The average molecular weight is 433 g/mol. The molecule has 160 valence electrons. The molecule has 0 spiro atoms. The van der Waals surface area contributed by atoms with Crippen molar-refractivity contribution in [3.05, 3.63) is 40.9 Å². The number of rotatable bonds is 5. The van der Waals surface area contributed by atoms with E-state index in [2.05, 4.69) is 16.0 Å². The summed E-state index contributed by atoms with van der Waals surface area (Å²) in [6, 6.07) is 8.15. The Morgan fingerprint density at radius 2 is 2.03 bits per heavy atom. The van der Waals surface area contributed by atoms with Gasteiger partial charge in [0.15, 0.2) is 0 Å². The molecule has 0 radical (unpaired) electrons. The molecule has 1 fully saturated rings. The Morgan fingerprint density at radius 3 is 2.70 bits per heavy atom. The van der Waals surface area contributed by atoms with E-state index in [9.17, 15) is 8.78 Å². The number of pyridine rings is 2. The minimum Gasteiger partial charge on any atom is -0.400 e. The number of nitrogen functional groups attached to an aromatic ring is 1. The van der Waals surface area contributed by atoms with Gasteiger partial charge in [0, 0.05) is 59.8 Å². The predicted octanol–water partition coefficient (Wildman–Crippen LogP) is 4.96. The smallest absolute Gasteiger partial charge is 0.248 e. The molecule has 0 saturated heterocycles. The Balaban J connectivity index is 0.00000124. The van der Waals surface area contributed by atoms with Crippen LogP contribution >= 0.6 is 11.3 Å². The van der Waals surface area contributed by atoms with Crippen LogP contribution in [0.4, 0.5) is 14.6 Å². The van der Waals surface area contributed by atoms with Crippen LogP contribution in [-0.4, -0.2) is 40.4 Å². The second-order valence-electron chi connectivity index (χ2n) is 7.71. The van der Waals surface area contributed by atoms with Crippen molar-refractivity contribution in [1.29, 1.82) is 0 Å². The molecule has 1 aliphatic carbocycles.